The molecule has 0 amide bonds. The number of carbonyl (C=O) groups excluding carboxylic acids is 1. The lowest BCUT2D eigenvalue weighted by molar-refractivity contribution is -0.301. The van der Waals surface area contributed by atoms with Gasteiger partial charge in [0, 0.05) is 0 Å². The molecule has 1 aliphatic heterocycles. The van der Waals surface area contributed by atoms with E-state index in [0.29, 0.717) is 0 Å². The normalized spacial score (nSPS) is 35.2. The van der Waals surface area contributed by atoms with Gasteiger partial charge in [0.1, 0.15) is 43.2 Å². The first kappa shape index (κ1) is 20.8. The third kappa shape index (κ3) is 3.88. The fourth-order valence-electron chi connectivity index (χ4n) is 2.21. The Bertz CT molecular complexity index is 444. The Kier molecular flexibility index (Phi) is 7.15. The minimum atomic E-state index is -2.44. The molecule has 0 saturated carbocycles. The average molecular weight is 356 g/mol. The van der Waals surface area contributed by atoms with Gasteiger partial charge in [-0.3, -0.25) is 0 Å². The molecule has 1 heterocycles. The number of aliphatic carboxylic acids is 1. The summed E-state index contributed by atoms with van der Waals surface area (Å²) in [6, 6.07) is 0. The fourth-order valence-corrected chi connectivity index (χ4v) is 2.21. The van der Waals surface area contributed by atoms with Crippen LogP contribution in [0.4, 0.5) is 0 Å². The van der Waals surface area contributed by atoms with E-state index in [9.17, 15) is 40.2 Å². The summed E-state index contributed by atoms with van der Waals surface area (Å²) in [5, 5.41) is 75.0. The van der Waals surface area contributed by atoms with Crippen molar-refractivity contribution >= 4 is 12.3 Å². The third-order valence-electron chi connectivity index (χ3n) is 3.64. The summed E-state index contributed by atoms with van der Waals surface area (Å²) in [4.78, 5) is 21.7. The van der Waals surface area contributed by atoms with Crippen molar-refractivity contribution in [1.82, 2.24) is 0 Å². The van der Waals surface area contributed by atoms with Crippen LogP contribution in [0.15, 0.2) is 0 Å². The molecule has 12 nitrogen and oxygen atoms in total. The van der Waals surface area contributed by atoms with Crippen molar-refractivity contribution in [2.45, 2.75) is 48.5 Å². The molecule has 8 N–H and O–H groups in total. The molecule has 140 valence electrons. The van der Waals surface area contributed by atoms with Crippen LogP contribution in [-0.4, -0.2) is 115 Å². The highest BCUT2D eigenvalue weighted by molar-refractivity contribution is 5.73. The van der Waals surface area contributed by atoms with Crippen LogP contribution in [0.1, 0.15) is 0 Å². The van der Waals surface area contributed by atoms with Crippen LogP contribution in [0.3, 0.4) is 0 Å². The monoisotopic (exact) mass is 356 g/mol. The zero-order valence-corrected chi connectivity index (χ0v) is 12.2. The Balaban J connectivity index is 2.96. The van der Waals surface area contributed by atoms with E-state index in [0.717, 1.165) is 0 Å². The SMILES string of the molecule is O=C[C@H](O[C@]1(CO)O[C@H](CO)[C@@H](O)[C@@H]1O)[C@@H](O)[C@H](O)[C@H](O)C(=O)O. The average Bonchev–Trinajstić information content (AvgIpc) is 2.82. The number of carbonyl (C=O) groups is 2. The van der Waals surface area contributed by atoms with Gasteiger partial charge in [-0.15, -0.1) is 0 Å². The smallest absolute Gasteiger partial charge is 0.335 e. The Labute approximate surface area is 135 Å². The van der Waals surface area contributed by atoms with Crippen molar-refractivity contribution in [1.29, 1.82) is 0 Å². The van der Waals surface area contributed by atoms with E-state index in [1.807, 2.05) is 0 Å². The van der Waals surface area contributed by atoms with E-state index in [1.54, 1.807) is 0 Å². The molecule has 24 heavy (non-hydrogen) atoms. The largest absolute Gasteiger partial charge is 0.479 e. The van der Waals surface area contributed by atoms with Crippen LogP contribution in [0, 0.1) is 0 Å². The second-order valence-electron chi connectivity index (χ2n) is 5.23. The Morgan fingerprint density at radius 2 is 1.79 bits per heavy atom. The second kappa shape index (κ2) is 8.24. The van der Waals surface area contributed by atoms with E-state index < -0.39 is 67.7 Å². The van der Waals surface area contributed by atoms with Gasteiger partial charge in [-0.2, -0.15) is 0 Å². The maximum absolute atomic E-state index is 11.1. The topological polar surface area (TPSA) is 214 Å². The molecule has 0 radical (unpaired) electrons. The standard InChI is InChI=1S/C12H20O12/c13-1-4(6(16)8(18)9(19)11(21)22)23-12(3-15)10(20)7(17)5(2-14)24-12/h1,4-10,14-20H,2-3H2,(H,21,22)/t4-,5+,6+,7+,8-,9-,10-,12+/m0/s1. The third-order valence-corrected chi connectivity index (χ3v) is 3.64. The Hall–Kier alpha value is -1.22. The number of carboxylic acids is 1. The molecule has 1 aliphatic rings. The van der Waals surface area contributed by atoms with E-state index in [4.69, 9.17) is 19.7 Å². The lowest BCUT2D eigenvalue weighted by Gasteiger charge is -2.35. The minimum absolute atomic E-state index is 0.0887. The lowest BCUT2D eigenvalue weighted by atomic mass is 10.0. The molecule has 0 aromatic carbocycles. The summed E-state index contributed by atoms with van der Waals surface area (Å²) >= 11 is 0. The van der Waals surface area contributed by atoms with Gasteiger partial charge >= 0.3 is 5.97 Å². The van der Waals surface area contributed by atoms with E-state index in [-0.39, 0.29) is 6.29 Å². The van der Waals surface area contributed by atoms with Crippen LogP contribution in [0.2, 0.25) is 0 Å². The van der Waals surface area contributed by atoms with Crippen LogP contribution in [0.5, 0.6) is 0 Å². The molecular formula is C12H20O12. The highest BCUT2D eigenvalue weighted by Gasteiger charge is 2.57. The quantitative estimate of drug-likeness (QED) is 0.182. The molecular weight excluding hydrogens is 336 g/mol. The van der Waals surface area contributed by atoms with Crippen LogP contribution in [-0.2, 0) is 19.1 Å². The van der Waals surface area contributed by atoms with Gasteiger partial charge in [-0.1, -0.05) is 0 Å². The molecule has 0 aromatic rings. The molecule has 1 saturated heterocycles. The molecule has 12 heteroatoms. The summed E-state index contributed by atoms with van der Waals surface area (Å²) < 4.78 is 9.94. The summed E-state index contributed by atoms with van der Waals surface area (Å²) in [5.74, 6) is -4.30. The molecule has 0 unspecified atom stereocenters. The number of aliphatic hydroxyl groups is 7. The zero-order valence-electron chi connectivity index (χ0n) is 12.2. The molecule has 0 aliphatic carbocycles. The molecule has 0 aromatic heterocycles. The van der Waals surface area contributed by atoms with Crippen LogP contribution >= 0.6 is 0 Å². The zero-order chi connectivity index (χ0) is 18.7. The van der Waals surface area contributed by atoms with Gasteiger partial charge in [0.15, 0.2) is 12.4 Å². The highest BCUT2D eigenvalue weighted by atomic mass is 16.7. The van der Waals surface area contributed by atoms with E-state index in [1.165, 1.54) is 0 Å². The minimum Gasteiger partial charge on any atom is -0.479 e. The first-order valence-electron chi connectivity index (χ1n) is 6.81. The van der Waals surface area contributed by atoms with Crippen molar-refractivity contribution in [3.8, 4) is 0 Å². The van der Waals surface area contributed by atoms with Gasteiger partial charge in [-0.05, 0) is 0 Å². The number of hydrogen-bond donors (Lipinski definition) is 8. The van der Waals surface area contributed by atoms with Gasteiger partial charge < -0.3 is 55.1 Å². The van der Waals surface area contributed by atoms with Gasteiger partial charge in [-0.25, -0.2) is 4.79 Å². The van der Waals surface area contributed by atoms with Crippen molar-refractivity contribution in [3.05, 3.63) is 0 Å². The molecule has 0 bridgehead atoms. The lowest BCUT2D eigenvalue weighted by Crippen LogP contribution is -2.56. The summed E-state index contributed by atoms with van der Waals surface area (Å²) in [7, 11) is 0. The first-order valence-corrected chi connectivity index (χ1v) is 6.81. The highest BCUT2D eigenvalue weighted by Crippen LogP contribution is 2.33. The number of hydrogen-bond acceptors (Lipinski definition) is 11. The number of ether oxygens (including phenoxy) is 2. The number of carboxylic acid groups (broad SMARTS) is 1. The van der Waals surface area contributed by atoms with Gasteiger partial charge in [0.25, 0.3) is 0 Å². The van der Waals surface area contributed by atoms with Crippen molar-refractivity contribution < 1.29 is 59.9 Å². The molecule has 1 fully saturated rings. The fraction of sp³-hybridized carbons (Fsp3) is 0.833. The maximum atomic E-state index is 11.1. The van der Waals surface area contributed by atoms with Crippen molar-refractivity contribution in [2.24, 2.45) is 0 Å². The summed E-state index contributed by atoms with van der Waals surface area (Å²) in [5.41, 5.74) is 0. The Morgan fingerprint density at radius 3 is 2.17 bits per heavy atom. The molecule has 8 atom stereocenters. The predicted octanol–water partition coefficient (Wildman–Crippen LogP) is -5.46. The van der Waals surface area contributed by atoms with Crippen molar-refractivity contribution in [3.63, 3.8) is 0 Å². The molecule has 1 rings (SSSR count). The van der Waals surface area contributed by atoms with Crippen LogP contribution in [0.25, 0.3) is 0 Å². The Morgan fingerprint density at radius 1 is 1.21 bits per heavy atom. The van der Waals surface area contributed by atoms with Crippen molar-refractivity contribution in [2.75, 3.05) is 13.2 Å². The number of rotatable bonds is 9. The van der Waals surface area contributed by atoms with E-state index in [2.05, 4.69) is 0 Å². The van der Waals surface area contributed by atoms with Gasteiger partial charge in [0.05, 0.1) is 6.61 Å². The number of aliphatic hydroxyl groups excluding tert-OH is 7. The number of aldehydes is 1. The van der Waals surface area contributed by atoms with Gasteiger partial charge in [0.2, 0.25) is 5.79 Å². The first-order chi connectivity index (χ1) is 11.1. The predicted molar refractivity (Wildman–Crippen MR) is 70.4 cm³/mol. The van der Waals surface area contributed by atoms with E-state index >= 15 is 0 Å². The van der Waals surface area contributed by atoms with Crippen LogP contribution < -0.4 is 0 Å². The summed E-state index contributed by atoms with van der Waals surface area (Å²) in [6.07, 6.45) is -14.2. The summed E-state index contributed by atoms with van der Waals surface area (Å²) in [6.45, 7) is -1.88. The maximum Gasteiger partial charge on any atom is 0.335 e. The molecule has 0 spiro atoms. The second-order valence-corrected chi connectivity index (χ2v) is 5.23.